The molecule has 0 heteroatoms. The summed E-state index contributed by atoms with van der Waals surface area (Å²) in [7, 11) is 0. The average Bonchev–Trinajstić information content (AvgIpc) is 3.40. The fraction of sp³-hybridized carbons (Fsp3) is 1.00. The summed E-state index contributed by atoms with van der Waals surface area (Å²) < 4.78 is 0. The Morgan fingerprint density at radius 1 is 0.106 bits per heavy atom. The Morgan fingerprint density at radius 2 is 0.258 bits per heavy atom. The molecule has 0 aromatic rings. The predicted octanol–water partition coefficient (Wildman–Crippen LogP) is 19.3. The van der Waals surface area contributed by atoms with E-state index in [0.29, 0.717) is 0 Å². The minimum absolute atomic E-state index is 1.12. The molecule has 0 saturated heterocycles. The summed E-state index contributed by atoms with van der Waals surface area (Å²) in [5, 5.41) is 0. The van der Waals surface area contributed by atoms with Crippen molar-refractivity contribution in [3.05, 3.63) is 0 Å². The Kier molecular flexibility index (Phi) is 14.2. The molecule has 13 fully saturated rings. The number of rotatable bonds is 6. The second kappa shape index (κ2) is 20.5. The molecule has 0 N–H and O–H groups in total. The van der Waals surface area contributed by atoms with Crippen molar-refractivity contribution in [1.29, 1.82) is 0 Å². The maximum atomic E-state index is 1.69. The molecule has 372 valence electrons. The van der Waals surface area contributed by atoms with E-state index in [1.807, 2.05) is 0 Å². The van der Waals surface area contributed by atoms with Crippen LogP contribution in [0.4, 0.5) is 0 Å². The standard InChI is InChI=1S/C66H108/c1-3-19-43(20-4-1)45-35-37-55(49-25-9-7-23-47(45)49)57-39-41-63(53-29-13-11-27-51(53)57)65-59-31-15-17-33-61(59)66(62-34-18-16-32-60(62)65)64-42-40-58(52-28-12-14-30-54(52)64)56-38-36-46(44-21-5-2-6-22-44)48-24-8-10-26-50(48)56/h43-66H,1-42H2. The topological polar surface area (TPSA) is 0 Å². The molecule has 0 heterocycles. The molecule has 13 aliphatic rings. The Labute approximate surface area is 409 Å². The van der Waals surface area contributed by atoms with Crippen molar-refractivity contribution in [3.63, 3.8) is 0 Å². The van der Waals surface area contributed by atoms with Crippen LogP contribution in [0.15, 0.2) is 0 Å². The minimum Gasteiger partial charge on any atom is -0.0533 e. The molecule has 0 spiro atoms. The van der Waals surface area contributed by atoms with Crippen molar-refractivity contribution in [2.24, 2.45) is 142 Å². The maximum absolute atomic E-state index is 1.69. The zero-order valence-electron chi connectivity index (χ0n) is 43.6. The zero-order valence-corrected chi connectivity index (χ0v) is 43.6. The van der Waals surface area contributed by atoms with Crippen LogP contribution in [0.5, 0.6) is 0 Å². The smallest absolute Gasteiger partial charge is 0.0321 e. The molecule has 20 atom stereocenters. The van der Waals surface area contributed by atoms with Crippen molar-refractivity contribution < 1.29 is 0 Å². The van der Waals surface area contributed by atoms with Crippen LogP contribution in [0.1, 0.15) is 270 Å². The number of hydrogen-bond donors (Lipinski definition) is 0. The summed E-state index contributed by atoms with van der Waals surface area (Å²) in [6, 6.07) is 0. The van der Waals surface area contributed by atoms with Gasteiger partial charge in [-0.15, -0.1) is 0 Å². The Morgan fingerprint density at radius 3 is 0.530 bits per heavy atom. The lowest BCUT2D eigenvalue weighted by atomic mass is 9.41. The van der Waals surface area contributed by atoms with Crippen LogP contribution in [0.25, 0.3) is 0 Å². The zero-order chi connectivity index (χ0) is 43.6. The van der Waals surface area contributed by atoms with Gasteiger partial charge in [0.1, 0.15) is 0 Å². The molecule has 0 nitrogen and oxygen atoms in total. The van der Waals surface area contributed by atoms with Crippen molar-refractivity contribution >= 4 is 0 Å². The summed E-state index contributed by atoms with van der Waals surface area (Å²) in [5.74, 6) is 27.0. The number of fused-ring (bicyclic) bond motifs is 6. The third-order valence-corrected chi connectivity index (χ3v) is 27.6. The van der Waals surface area contributed by atoms with Gasteiger partial charge < -0.3 is 0 Å². The first-order valence-corrected chi connectivity index (χ1v) is 32.8. The monoisotopic (exact) mass is 901 g/mol. The van der Waals surface area contributed by atoms with E-state index < -0.39 is 0 Å². The van der Waals surface area contributed by atoms with Crippen LogP contribution in [-0.2, 0) is 0 Å². The molecule has 0 aromatic carbocycles. The molecule has 0 aliphatic heterocycles. The van der Waals surface area contributed by atoms with E-state index in [9.17, 15) is 0 Å². The second-order valence-electron chi connectivity index (χ2n) is 29.2. The highest BCUT2D eigenvalue weighted by molar-refractivity contribution is 5.10. The molecule has 13 aliphatic carbocycles. The second-order valence-corrected chi connectivity index (χ2v) is 29.2. The molecule has 0 amide bonds. The van der Waals surface area contributed by atoms with E-state index >= 15 is 0 Å². The molecule has 20 unspecified atom stereocenters. The van der Waals surface area contributed by atoms with Gasteiger partial charge in [-0.1, -0.05) is 141 Å². The van der Waals surface area contributed by atoms with Crippen LogP contribution in [0, 0.1) is 142 Å². The molecular formula is C66H108. The van der Waals surface area contributed by atoms with Gasteiger partial charge in [0, 0.05) is 0 Å². The third-order valence-electron chi connectivity index (χ3n) is 27.6. The number of hydrogen-bond acceptors (Lipinski definition) is 0. The highest BCUT2D eigenvalue weighted by Gasteiger charge is 2.61. The summed E-state index contributed by atoms with van der Waals surface area (Å²) in [5.41, 5.74) is 0. The van der Waals surface area contributed by atoms with Gasteiger partial charge in [0.15, 0.2) is 0 Å². The van der Waals surface area contributed by atoms with E-state index in [-0.39, 0.29) is 0 Å². The molecule has 0 radical (unpaired) electrons. The molecule has 13 rings (SSSR count). The van der Waals surface area contributed by atoms with Crippen LogP contribution in [0.2, 0.25) is 0 Å². The third kappa shape index (κ3) is 8.39. The average molecular weight is 902 g/mol. The van der Waals surface area contributed by atoms with Crippen molar-refractivity contribution in [2.45, 2.75) is 270 Å². The molecule has 0 aromatic heterocycles. The lowest BCUT2D eigenvalue weighted by Crippen LogP contribution is -2.58. The Hall–Kier alpha value is 0. The fourth-order valence-electron chi connectivity index (χ4n) is 25.8. The van der Waals surface area contributed by atoms with Gasteiger partial charge in [0.05, 0.1) is 0 Å². The van der Waals surface area contributed by atoms with Crippen LogP contribution in [0.3, 0.4) is 0 Å². The van der Waals surface area contributed by atoms with Gasteiger partial charge in [-0.3, -0.25) is 0 Å². The lowest BCUT2D eigenvalue weighted by Gasteiger charge is -2.64. The first-order valence-electron chi connectivity index (χ1n) is 32.8. The van der Waals surface area contributed by atoms with Crippen molar-refractivity contribution in [2.75, 3.05) is 0 Å². The normalized spacial score (nSPS) is 52.9. The fourth-order valence-corrected chi connectivity index (χ4v) is 25.8. The SMILES string of the molecule is C1CCC(C2CCC(C3CCC(C4C5CCCCC5C(C5CCC(C6CCC(C7CCCCC7)C7CCCCC76)C6CCCCC65)C5CCCCC54)C4CCCCC34)C3CCCCC23)CC1. The van der Waals surface area contributed by atoms with E-state index in [1.54, 1.807) is 270 Å². The lowest BCUT2D eigenvalue weighted by molar-refractivity contribution is -0.157. The van der Waals surface area contributed by atoms with Gasteiger partial charge in [0.25, 0.3) is 0 Å². The van der Waals surface area contributed by atoms with E-state index in [0.717, 1.165) is 142 Å². The van der Waals surface area contributed by atoms with E-state index in [1.165, 1.54) is 0 Å². The quantitative estimate of drug-likeness (QED) is 0.249. The van der Waals surface area contributed by atoms with Crippen molar-refractivity contribution in [1.82, 2.24) is 0 Å². The van der Waals surface area contributed by atoms with Gasteiger partial charge in [-0.05, 0) is 270 Å². The van der Waals surface area contributed by atoms with Crippen molar-refractivity contribution in [3.8, 4) is 0 Å². The molecule has 13 saturated carbocycles. The first kappa shape index (κ1) is 45.8. The van der Waals surface area contributed by atoms with E-state index in [4.69, 9.17) is 0 Å². The first-order chi connectivity index (χ1) is 32.8. The van der Waals surface area contributed by atoms with Gasteiger partial charge in [0.2, 0.25) is 0 Å². The Balaban J connectivity index is 0.750. The van der Waals surface area contributed by atoms with Gasteiger partial charge >= 0.3 is 0 Å². The van der Waals surface area contributed by atoms with E-state index in [2.05, 4.69) is 0 Å². The summed E-state index contributed by atoms with van der Waals surface area (Å²) in [6.45, 7) is 0. The molecular weight excluding hydrogens is 793 g/mol. The van der Waals surface area contributed by atoms with Gasteiger partial charge in [-0.2, -0.15) is 0 Å². The minimum atomic E-state index is 1.12. The highest BCUT2D eigenvalue weighted by Crippen LogP contribution is 2.68. The summed E-state index contributed by atoms with van der Waals surface area (Å²) >= 11 is 0. The van der Waals surface area contributed by atoms with Crippen LogP contribution >= 0.6 is 0 Å². The Bertz CT molecular complexity index is 1410. The summed E-state index contributed by atoms with van der Waals surface area (Å²) in [4.78, 5) is 0. The van der Waals surface area contributed by atoms with Crippen LogP contribution < -0.4 is 0 Å². The largest absolute Gasteiger partial charge is 0.0533 e. The predicted molar refractivity (Wildman–Crippen MR) is 278 cm³/mol. The maximum Gasteiger partial charge on any atom is -0.0321 e. The van der Waals surface area contributed by atoms with Crippen LogP contribution in [-0.4, -0.2) is 0 Å². The van der Waals surface area contributed by atoms with Gasteiger partial charge in [-0.25, -0.2) is 0 Å². The summed E-state index contributed by atoms with van der Waals surface area (Å²) in [6.07, 6.45) is 68.0. The highest BCUT2D eigenvalue weighted by atomic mass is 14.7. The molecule has 0 bridgehead atoms. The molecule has 66 heavy (non-hydrogen) atoms.